The summed E-state index contributed by atoms with van der Waals surface area (Å²) in [6.07, 6.45) is 7.33. The molecule has 1 aromatic heterocycles. The quantitative estimate of drug-likeness (QED) is 0.803. The molecular formula is C12H19N3. The molecular weight excluding hydrogens is 186 g/mol. The molecule has 2 N–H and O–H groups in total. The summed E-state index contributed by atoms with van der Waals surface area (Å²) < 4.78 is 0. The first-order valence-corrected chi connectivity index (χ1v) is 5.77. The van der Waals surface area contributed by atoms with E-state index in [0.717, 1.165) is 6.54 Å². The molecule has 0 amide bonds. The van der Waals surface area contributed by atoms with Gasteiger partial charge in [-0.1, -0.05) is 18.9 Å². The summed E-state index contributed by atoms with van der Waals surface area (Å²) in [7, 11) is 0. The van der Waals surface area contributed by atoms with Crippen LogP contribution in [0.2, 0.25) is 0 Å². The predicted octanol–water partition coefficient (Wildman–Crippen LogP) is 2.04. The second-order valence-corrected chi connectivity index (χ2v) is 4.28. The minimum absolute atomic E-state index is 0.606. The fourth-order valence-corrected chi connectivity index (χ4v) is 2.08. The van der Waals surface area contributed by atoms with E-state index in [1.54, 1.807) is 0 Å². The lowest BCUT2D eigenvalue weighted by atomic mass is 10.2. The highest BCUT2D eigenvalue weighted by Gasteiger charge is 2.09. The maximum Gasteiger partial charge on any atom is 0.123 e. The molecule has 1 aliphatic heterocycles. The molecule has 3 nitrogen and oxygen atoms in total. The van der Waals surface area contributed by atoms with Gasteiger partial charge in [-0.05, 0) is 37.6 Å². The average Bonchev–Trinajstić information content (AvgIpc) is 2.50. The predicted molar refractivity (Wildman–Crippen MR) is 62.4 cm³/mol. The third-order valence-corrected chi connectivity index (χ3v) is 2.95. The summed E-state index contributed by atoms with van der Waals surface area (Å²) in [5, 5.41) is 0. The van der Waals surface area contributed by atoms with E-state index >= 15 is 0 Å². The molecule has 0 atom stereocenters. The average molecular weight is 205 g/mol. The Balaban J connectivity index is 1.92. The first-order chi connectivity index (χ1) is 7.34. The van der Waals surface area contributed by atoms with Gasteiger partial charge < -0.3 is 5.73 Å². The van der Waals surface area contributed by atoms with Crippen LogP contribution in [0.15, 0.2) is 18.3 Å². The van der Waals surface area contributed by atoms with Gasteiger partial charge in [0.15, 0.2) is 0 Å². The van der Waals surface area contributed by atoms with Crippen LogP contribution in [0.1, 0.15) is 31.2 Å². The number of nitrogen functional groups attached to an aromatic ring is 1. The number of aromatic nitrogens is 1. The highest BCUT2D eigenvalue weighted by molar-refractivity contribution is 5.29. The van der Waals surface area contributed by atoms with Crippen LogP contribution >= 0.6 is 0 Å². The Bertz CT molecular complexity index is 286. The van der Waals surface area contributed by atoms with Crippen LogP contribution in [0, 0.1) is 0 Å². The van der Waals surface area contributed by atoms with Crippen molar-refractivity contribution >= 4 is 5.82 Å². The largest absolute Gasteiger partial charge is 0.384 e. The van der Waals surface area contributed by atoms with Gasteiger partial charge in [-0.15, -0.1) is 0 Å². The first kappa shape index (κ1) is 10.4. The molecule has 1 saturated heterocycles. The maximum absolute atomic E-state index is 5.56. The van der Waals surface area contributed by atoms with Crippen molar-refractivity contribution in [3.63, 3.8) is 0 Å². The van der Waals surface area contributed by atoms with Crippen molar-refractivity contribution in [2.75, 3.05) is 18.8 Å². The zero-order chi connectivity index (χ0) is 10.5. The maximum atomic E-state index is 5.56. The van der Waals surface area contributed by atoms with E-state index in [1.165, 1.54) is 44.3 Å². The van der Waals surface area contributed by atoms with Gasteiger partial charge in [0.1, 0.15) is 5.82 Å². The van der Waals surface area contributed by atoms with Gasteiger partial charge in [0, 0.05) is 12.7 Å². The van der Waals surface area contributed by atoms with Gasteiger partial charge in [-0.3, -0.25) is 4.90 Å². The van der Waals surface area contributed by atoms with E-state index in [4.69, 9.17) is 5.73 Å². The lowest BCUT2D eigenvalue weighted by Gasteiger charge is -2.19. The molecule has 1 aliphatic rings. The molecule has 0 saturated carbocycles. The summed E-state index contributed by atoms with van der Waals surface area (Å²) in [6.45, 7) is 3.47. The summed E-state index contributed by atoms with van der Waals surface area (Å²) in [6, 6.07) is 3.96. The molecule has 0 unspecified atom stereocenters. The summed E-state index contributed by atoms with van der Waals surface area (Å²) in [5.41, 5.74) is 6.83. The molecule has 15 heavy (non-hydrogen) atoms. The van der Waals surface area contributed by atoms with Crippen molar-refractivity contribution in [2.45, 2.75) is 32.2 Å². The topological polar surface area (TPSA) is 42.1 Å². The zero-order valence-corrected chi connectivity index (χ0v) is 9.15. The SMILES string of the molecule is Nc1ccc(CN2CCCCCC2)cn1. The van der Waals surface area contributed by atoms with Gasteiger partial charge in [-0.2, -0.15) is 0 Å². The van der Waals surface area contributed by atoms with Crippen molar-refractivity contribution in [1.29, 1.82) is 0 Å². The van der Waals surface area contributed by atoms with Gasteiger partial charge >= 0.3 is 0 Å². The number of hydrogen-bond donors (Lipinski definition) is 1. The highest BCUT2D eigenvalue weighted by atomic mass is 15.1. The van der Waals surface area contributed by atoms with E-state index in [1.807, 2.05) is 12.3 Å². The fraction of sp³-hybridized carbons (Fsp3) is 0.583. The lowest BCUT2D eigenvalue weighted by molar-refractivity contribution is 0.276. The highest BCUT2D eigenvalue weighted by Crippen LogP contribution is 2.13. The van der Waals surface area contributed by atoms with E-state index < -0.39 is 0 Å². The molecule has 0 bridgehead atoms. The Labute approximate surface area is 91.3 Å². The number of likely N-dealkylation sites (tertiary alicyclic amines) is 1. The van der Waals surface area contributed by atoms with Gasteiger partial charge in [0.25, 0.3) is 0 Å². The molecule has 0 aliphatic carbocycles. The molecule has 2 heterocycles. The number of rotatable bonds is 2. The Morgan fingerprint density at radius 1 is 1.13 bits per heavy atom. The third-order valence-electron chi connectivity index (χ3n) is 2.95. The van der Waals surface area contributed by atoms with Crippen molar-refractivity contribution in [2.24, 2.45) is 0 Å². The van der Waals surface area contributed by atoms with Gasteiger partial charge in [-0.25, -0.2) is 4.98 Å². The van der Waals surface area contributed by atoms with Crippen LogP contribution in [0.5, 0.6) is 0 Å². The van der Waals surface area contributed by atoms with Crippen molar-refractivity contribution in [3.8, 4) is 0 Å². The first-order valence-electron chi connectivity index (χ1n) is 5.77. The molecule has 1 aromatic rings. The van der Waals surface area contributed by atoms with Crippen molar-refractivity contribution in [3.05, 3.63) is 23.9 Å². The monoisotopic (exact) mass is 205 g/mol. The van der Waals surface area contributed by atoms with Crippen molar-refractivity contribution < 1.29 is 0 Å². The molecule has 3 heteroatoms. The second-order valence-electron chi connectivity index (χ2n) is 4.28. The fourth-order valence-electron chi connectivity index (χ4n) is 2.08. The van der Waals surface area contributed by atoms with Gasteiger partial charge in [0.05, 0.1) is 0 Å². The van der Waals surface area contributed by atoms with E-state index in [2.05, 4.69) is 16.0 Å². The van der Waals surface area contributed by atoms with Crippen LogP contribution in [-0.2, 0) is 6.54 Å². The number of nitrogens with zero attached hydrogens (tertiary/aromatic N) is 2. The summed E-state index contributed by atoms with van der Waals surface area (Å²) >= 11 is 0. The Morgan fingerprint density at radius 2 is 1.87 bits per heavy atom. The molecule has 0 aromatic carbocycles. The molecule has 0 radical (unpaired) electrons. The molecule has 82 valence electrons. The normalized spacial score (nSPS) is 18.7. The van der Waals surface area contributed by atoms with Crippen molar-refractivity contribution in [1.82, 2.24) is 9.88 Å². The van der Waals surface area contributed by atoms with Crippen LogP contribution in [-0.4, -0.2) is 23.0 Å². The molecule has 2 rings (SSSR count). The lowest BCUT2D eigenvalue weighted by Crippen LogP contribution is -2.24. The van der Waals surface area contributed by atoms with Crippen LogP contribution in [0.4, 0.5) is 5.82 Å². The summed E-state index contributed by atoms with van der Waals surface area (Å²) in [4.78, 5) is 6.63. The minimum atomic E-state index is 0.606. The smallest absolute Gasteiger partial charge is 0.123 e. The molecule has 0 spiro atoms. The number of hydrogen-bond acceptors (Lipinski definition) is 3. The number of pyridine rings is 1. The van der Waals surface area contributed by atoms with Gasteiger partial charge in [0.2, 0.25) is 0 Å². The zero-order valence-electron chi connectivity index (χ0n) is 9.15. The number of anilines is 1. The van der Waals surface area contributed by atoms with Crippen LogP contribution in [0.3, 0.4) is 0 Å². The van der Waals surface area contributed by atoms with Crippen LogP contribution < -0.4 is 5.73 Å². The summed E-state index contributed by atoms with van der Waals surface area (Å²) in [5.74, 6) is 0.606. The Morgan fingerprint density at radius 3 is 2.47 bits per heavy atom. The number of nitrogens with two attached hydrogens (primary N) is 1. The minimum Gasteiger partial charge on any atom is -0.384 e. The van der Waals surface area contributed by atoms with E-state index in [9.17, 15) is 0 Å². The third kappa shape index (κ3) is 3.20. The Hall–Kier alpha value is -1.09. The van der Waals surface area contributed by atoms with E-state index in [-0.39, 0.29) is 0 Å². The second kappa shape index (κ2) is 5.12. The molecule has 1 fully saturated rings. The van der Waals surface area contributed by atoms with Crippen LogP contribution in [0.25, 0.3) is 0 Å². The Kier molecular flexibility index (Phi) is 3.56. The standard InChI is InChI=1S/C12H19N3/c13-12-6-5-11(9-14-12)10-15-7-3-1-2-4-8-15/h5-6,9H,1-4,7-8,10H2,(H2,13,14). The van der Waals surface area contributed by atoms with E-state index in [0.29, 0.717) is 5.82 Å².